The van der Waals surface area contributed by atoms with E-state index in [0.29, 0.717) is 16.6 Å². The summed E-state index contributed by atoms with van der Waals surface area (Å²) >= 11 is 11.9. The van der Waals surface area contributed by atoms with Crippen LogP contribution in [-0.2, 0) is 20.0 Å². The molecule has 1 N–H and O–H groups in total. The molecule has 19 heavy (non-hydrogen) atoms. The number of halogens is 2. The lowest BCUT2D eigenvalue weighted by atomic mass is 10.1. The second kappa shape index (κ2) is 6.37. The number of aryl methyl sites for hydroxylation is 1. The van der Waals surface area contributed by atoms with Crippen molar-refractivity contribution in [2.45, 2.75) is 19.9 Å². The first-order chi connectivity index (χ1) is 9.06. The van der Waals surface area contributed by atoms with Gasteiger partial charge in [0.25, 0.3) is 0 Å². The quantitative estimate of drug-likeness (QED) is 0.863. The molecule has 1 aromatic carbocycles. The highest BCUT2D eigenvalue weighted by Crippen LogP contribution is 2.19. The Bertz CT molecular complexity index is 546. The largest absolute Gasteiger partial charge is 0.311 e. The molecule has 1 heterocycles. The van der Waals surface area contributed by atoms with Crippen LogP contribution in [0.3, 0.4) is 0 Å². The Balaban J connectivity index is 1.82. The van der Waals surface area contributed by atoms with Crippen molar-refractivity contribution in [3.05, 3.63) is 45.2 Å². The van der Waals surface area contributed by atoms with Crippen LogP contribution >= 0.6 is 23.2 Å². The maximum Gasteiger partial charge on any atom is 0.0993 e. The van der Waals surface area contributed by atoms with Crippen molar-refractivity contribution in [1.82, 2.24) is 20.3 Å². The number of benzene rings is 1. The molecule has 0 amide bonds. The van der Waals surface area contributed by atoms with Crippen LogP contribution in [-0.4, -0.2) is 21.5 Å². The first kappa shape index (κ1) is 14.3. The summed E-state index contributed by atoms with van der Waals surface area (Å²) in [4.78, 5) is 0. The van der Waals surface area contributed by atoms with Gasteiger partial charge in [-0.05, 0) is 43.7 Å². The number of hydrogen-bond donors (Lipinski definition) is 1. The van der Waals surface area contributed by atoms with Crippen molar-refractivity contribution >= 4 is 23.2 Å². The zero-order valence-electron chi connectivity index (χ0n) is 11.0. The Morgan fingerprint density at radius 3 is 2.47 bits per heavy atom. The topological polar surface area (TPSA) is 42.7 Å². The summed E-state index contributed by atoms with van der Waals surface area (Å²) in [5.74, 6) is 0. The number of aromatic nitrogens is 3. The summed E-state index contributed by atoms with van der Waals surface area (Å²) in [7, 11) is 1.89. The zero-order valence-corrected chi connectivity index (χ0v) is 12.5. The van der Waals surface area contributed by atoms with Gasteiger partial charge in [-0.1, -0.05) is 28.4 Å². The third kappa shape index (κ3) is 3.93. The van der Waals surface area contributed by atoms with Crippen LogP contribution in [0.15, 0.2) is 18.2 Å². The fraction of sp³-hybridized carbons (Fsp3) is 0.385. The SMILES string of the molecule is Cc1c(CNCCc2cc(Cl)cc(Cl)c2)nnn1C. The van der Waals surface area contributed by atoms with Gasteiger partial charge in [0.1, 0.15) is 0 Å². The molecule has 0 aliphatic heterocycles. The molecule has 0 bridgehead atoms. The van der Waals surface area contributed by atoms with E-state index in [2.05, 4.69) is 15.6 Å². The molecule has 4 nitrogen and oxygen atoms in total. The molecule has 0 saturated heterocycles. The molecule has 0 aliphatic carbocycles. The lowest BCUT2D eigenvalue weighted by Crippen LogP contribution is -2.17. The van der Waals surface area contributed by atoms with Crippen LogP contribution in [0.5, 0.6) is 0 Å². The number of nitrogens with one attached hydrogen (secondary N) is 1. The van der Waals surface area contributed by atoms with E-state index in [1.165, 1.54) is 0 Å². The Morgan fingerprint density at radius 2 is 1.89 bits per heavy atom. The minimum Gasteiger partial charge on any atom is -0.311 e. The zero-order chi connectivity index (χ0) is 13.8. The number of rotatable bonds is 5. The molecule has 2 rings (SSSR count). The van der Waals surface area contributed by atoms with Crippen molar-refractivity contribution in [3.8, 4) is 0 Å². The number of hydrogen-bond acceptors (Lipinski definition) is 3. The van der Waals surface area contributed by atoms with Crippen molar-refractivity contribution in [2.24, 2.45) is 7.05 Å². The molecule has 6 heteroatoms. The van der Waals surface area contributed by atoms with Gasteiger partial charge in [-0.3, -0.25) is 4.68 Å². The average Bonchev–Trinajstić information content (AvgIpc) is 2.65. The molecule has 0 atom stereocenters. The Labute approximate surface area is 122 Å². The first-order valence-electron chi connectivity index (χ1n) is 6.07. The van der Waals surface area contributed by atoms with Crippen molar-refractivity contribution in [2.75, 3.05) is 6.54 Å². The van der Waals surface area contributed by atoms with Gasteiger partial charge in [-0.15, -0.1) is 5.10 Å². The van der Waals surface area contributed by atoms with Gasteiger partial charge in [-0.2, -0.15) is 0 Å². The fourth-order valence-corrected chi connectivity index (χ4v) is 2.38. The fourth-order valence-electron chi connectivity index (χ4n) is 1.81. The van der Waals surface area contributed by atoms with Crippen LogP contribution in [0.1, 0.15) is 17.0 Å². The van der Waals surface area contributed by atoms with Crippen LogP contribution in [0.2, 0.25) is 10.0 Å². The first-order valence-corrected chi connectivity index (χ1v) is 6.82. The van der Waals surface area contributed by atoms with Gasteiger partial charge in [0, 0.05) is 23.6 Å². The van der Waals surface area contributed by atoms with Gasteiger partial charge in [0.15, 0.2) is 0 Å². The van der Waals surface area contributed by atoms with E-state index in [1.807, 2.05) is 26.1 Å². The smallest absolute Gasteiger partial charge is 0.0993 e. The molecule has 2 aromatic rings. The molecular weight excluding hydrogens is 283 g/mol. The summed E-state index contributed by atoms with van der Waals surface area (Å²) in [6, 6.07) is 5.61. The third-order valence-corrected chi connectivity index (χ3v) is 3.44. The van der Waals surface area contributed by atoms with Gasteiger partial charge in [0.2, 0.25) is 0 Å². The molecule has 0 fully saturated rings. The maximum absolute atomic E-state index is 5.96. The van der Waals surface area contributed by atoms with Gasteiger partial charge in [-0.25, -0.2) is 0 Å². The van der Waals surface area contributed by atoms with Crippen molar-refractivity contribution in [3.63, 3.8) is 0 Å². The monoisotopic (exact) mass is 298 g/mol. The maximum atomic E-state index is 5.96. The predicted molar refractivity (Wildman–Crippen MR) is 77.6 cm³/mol. The Kier molecular flexibility index (Phi) is 4.80. The highest BCUT2D eigenvalue weighted by atomic mass is 35.5. The lowest BCUT2D eigenvalue weighted by Gasteiger charge is -2.05. The highest BCUT2D eigenvalue weighted by Gasteiger charge is 2.04. The van der Waals surface area contributed by atoms with Crippen LogP contribution in [0, 0.1) is 6.92 Å². The van der Waals surface area contributed by atoms with E-state index in [1.54, 1.807) is 10.7 Å². The van der Waals surface area contributed by atoms with E-state index < -0.39 is 0 Å². The summed E-state index contributed by atoms with van der Waals surface area (Å²) in [6.45, 7) is 3.56. The minimum atomic E-state index is 0.673. The van der Waals surface area contributed by atoms with E-state index in [9.17, 15) is 0 Å². The third-order valence-electron chi connectivity index (χ3n) is 3.01. The standard InChI is InChI=1S/C13H16Cl2N4/c1-9-13(17-18-19(9)2)8-16-4-3-10-5-11(14)7-12(15)6-10/h5-7,16H,3-4,8H2,1-2H3. The Morgan fingerprint density at radius 1 is 1.21 bits per heavy atom. The molecule has 0 unspecified atom stereocenters. The molecule has 102 valence electrons. The van der Waals surface area contributed by atoms with E-state index in [4.69, 9.17) is 23.2 Å². The molecule has 0 aliphatic rings. The molecule has 0 saturated carbocycles. The van der Waals surface area contributed by atoms with E-state index in [-0.39, 0.29) is 0 Å². The second-order valence-corrected chi connectivity index (χ2v) is 5.32. The lowest BCUT2D eigenvalue weighted by molar-refractivity contribution is 0.669. The molecule has 1 aromatic heterocycles. The van der Waals surface area contributed by atoms with Crippen LogP contribution in [0.4, 0.5) is 0 Å². The predicted octanol–water partition coefficient (Wildman–Crippen LogP) is 2.76. The summed E-state index contributed by atoms with van der Waals surface area (Å²) in [5.41, 5.74) is 3.19. The highest BCUT2D eigenvalue weighted by molar-refractivity contribution is 6.34. The summed E-state index contributed by atoms with van der Waals surface area (Å²) < 4.78 is 1.77. The second-order valence-electron chi connectivity index (χ2n) is 4.45. The van der Waals surface area contributed by atoms with Crippen LogP contribution < -0.4 is 5.32 Å². The Hall–Kier alpha value is -1.10. The summed E-state index contributed by atoms with van der Waals surface area (Å²) in [6.07, 6.45) is 0.875. The minimum absolute atomic E-state index is 0.673. The van der Waals surface area contributed by atoms with Crippen molar-refractivity contribution < 1.29 is 0 Å². The summed E-state index contributed by atoms with van der Waals surface area (Å²) in [5, 5.41) is 12.8. The molecular formula is C13H16Cl2N4. The molecule has 0 radical (unpaired) electrons. The van der Waals surface area contributed by atoms with Crippen LogP contribution in [0.25, 0.3) is 0 Å². The van der Waals surface area contributed by atoms with Gasteiger partial charge in [0.05, 0.1) is 11.4 Å². The normalized spacial score (nSPS) is 10.9. The molecule has 0 spiro atoms. The van der Waals surface area contributed by atoms with Gasteiger partial charge < -0.3 is 5.32 Å². The number of nitrogens with zero attached hydrogens (tertiary/aromatic N) is 3. The van der Waals surface area contributed by atoms with E-state index >= 15 is 0 Å². The van der Waals surface area contributed by atoms with E-state index in [0.717, 1.165) is 29.9 Å². The van der Waals surface area contributed by atoms with Gasteiger partial charge >= 0.3 is 0 Å². The average molecular weight is 299 g/mol. The van der Waals surface area contributed by atoms with Crippen molar-refractivity contribution in [1.29, 1.82) is 0 Å².